The third-order valence-corrected chi connectivity index (χ3v) is 5.91. The first kappa shape index (κ1) is 13.9. The molecule has 2 nitrogen and oxygen atoms in total. The van der Waals surface area contributed by atoms with Gasteiger partial charge < -0.3 is 5.32 Å². The normalized spacial score (nSPS) is 40.6. The molecule has 0 bridgehead atoms. The fraction of sp³-hybridized carbons (Fsp3) is 1.00. The molecule has 0 amide bonds. The summed E-state index contributed by atoms with van der Waals surface area (Å²) in [6, 6.07) is 2.43. The van der Waals surface area contributed by atoms with E-state index in [1.54, 1.807) is 0 Å². The van der Waals surface area contributed by atoms with Crippen LogP contribution in [0.1, 0.15) is 65.7 Å². The lowest BCUT2D eigenvalue weighted by molar-refractivity contribution is 0.118. The van der Waals surface area contributed by atoms with Gasteiger partial charge in [0.25, 0.3) is 0 Å². The Kier molecular flexibility index (Phi) is 3.92. The van der Waals surface area contributed by atoms with Crippen molar-refractivity contribution < 1.29 is 0 Å². The summed E-state index contributed by atoms with van der Waals surface area (Å²) in [5.74, 6) is 0.872. The third kappa shape index (κ3) is 2.85. The first-order chi connectivity index (χ1) is 9.05. The van der Waals surface area contributed by atoms with Crippen LogP contribution in [0.25, 0.3) is 0 Å². The molecule has 4 atom stereocenters. The molecule has 0 spiro atoms. The number of rotatable bonds is 2. The van der Waals surface area contributed by atoms with E-state index in [-0.39, 0.29) is 0 Å². The van der Waals surface area contributed by atoms with Gasteiger partial charge >= 0.3 is 0 Å². The molecule has 4 unspecified atom stereocenters. The van der Waals surface area contributed by atoms with Gasteiger partial charge in [-0.25, -0.2) is 0 Å². The van der Waals surface area contributed by atoms with E-state index in [1.165, 1.54) is 58.0 Å². The van der Waals surface area contributed by atoms with Crippen LogP contribution >= 0.6 is 0 Å². The monoisotopic (exact) mass is 264 g/mol. The van der Waals surface area contributed by atoms with E-state index in [0.717, 1.165) is 24.0 Å². The maximum atomic E-state index is 4.10. The molecule has 3 fully saturated rings. The number of nitrogens with zero attached hydrogens (tertiary/aromatic N) is 1. The van der Waals surface area contributed by atoms with Crippen LogP contribution in [0.15, 0.2) is 0 Å². The SMILES string of the molecule is CC(C)(C)C1CCCCC1NC1CCN2CCCC12. The second kappa shape index (κ2) is 5.37. The Morgan fingerprint density at radius 3 is 2.42 bits per heavy atom. The van der Waals surface area contributed by atoms with E-state index in [2.05, 4.69) is 31.0 Å². The second-order valence-corrected chi connectivity index (χ2v) is 8.17. The van der Waals surface area contributed by atoms with E-state index >= 15 is 0 Å². The molecule has 0 radical (unpaired) electrons. The van der Waals surface area contributed by atoms with Gasteiger partial charge in [0.2, 0.25) is 0 Å². The van der Waals surface area contributed by atoms with Gasteiger partial charge in [-0.15, -0.1) is 0 Å². The van der Waals surface area contributed by atoms with E-state index in [4.69, 9.17) is 0 Å². The molecule has 3 aliphatic rings. The van der Waals surface area contributed by atoms with Gasteiger partial charge in [-0.3, -0.25) is 4.90 Å². The molecule has 2 saturated heterocycles. The highest BCUT2D eigenvalue weighted by Crippen LogP contribution is 2.39. The molecular weight excluding hydrogens is 232 g/mol. The fourth-order valence-corrected chi connectivity index (χ4v) is 4.92. The predicted octanol–water partition coefficient (Wildman–Crippen LogP) is 3.42. The highest BCUT2D eigenvalue weighted by molar-refractivity contribution is 4.99. The van der Waals surface area contributed by atoms with Gasteiger partial charge in [0.05, 0.1) is 0 Å². The Morgan fingerprint density at radius 1 is 0.842 bits per heavy atom. The zero-order valence-corrected chi connectivity index (χ0v) is 13.1. The van der Waals surface area contributed by atoms with Gasteiger partial charge in [0.15, 0.2) is 0 Å². The van der Waals surface area contributed by atoms with Gasteiger partial charge in [-0.1, -0.05) is 33.6 Å². The van der Waals surface area contributed by atoms with Crippen molar-refractivity contribution in [2.24, 2.45) is 11.3 Å². The maximum Gasteiger partial charge on any atom is 0.0250 e. The van der Waals surface area contributed by atoms with Crippen LogP contribution in [0.3, 0.4) is 0 Å². The topological polar surface area (TPSA) is 15.3 Å². The number of nitrogens with one attached hydrogen (secondary N) is 1. The molecular formula is C17H32N2. The Labute approximate surface area is 119 Å². The van der Waals surface area contributed by atoms with Crippen molar-refractivity contribution in [3.63, 3.8) is 0 Å². The molecule has 0 aromatic heterocycles. The first-order valence-electron chi connectivity index (χ1n) is 8.56. The van der Waals surface area contributed by atoms with Crippen LogP contribution in [0.5, 0.6) is 0 Å². The Bertz CT molecular complexity index is 307. The minimum absolute atomic E-state index is 0.464. The summed E-state index contributed by atoms with van der Waals surface area (Å²) < 4.78 is 0. The minimum Gasteiger partial charge on any atom is -0.309 e. The number of fused-ring (bicyclic) bond motifs is 1. The lowest BCUT2D eigenvalue weighted by Crippen LogP contribution is -2.51. The van der Waals surface area contributed by atoms with Gasteiger partial charge in [0, 0.05) is 24.7 Å². The second-order valence-electron chi connectivity index (χ2n) is 8.17. The first-order valence-corrected chi connectivity index (χ1v) is 8.56. The quantitative estimate of drug-likeness (QED) is 0.822. The molecule has 0 aromatic rings. The maximum absolute atomic E-state index is 4.10. The summed E-state index contributed by atoms with van der Waals surface area (Å²) in [6.07, 6.45) is 9.97. The average molecular weight is 264 g/mol. The lowest BCUT2D eigenvalue weighted by Gasteiger charge is -2.42. The summed E-state index contributed by atoms with van der Waals surface area (Å²) in [5.41, 5.74) is 0.464. The van der Waals surface area contributed by atoms with E-state index in [0.29, 0.717) is 5.41 Å². The largest absolute Gasteiger partial charge is 0.309 e. The molecule has 1 aliphatic carbocycles. The molecule has 2 heterocycles. The molecule has 110 valence electrons. The van der Waals surface area contributed by atoms with Crippen LogP contribution in [-0.2, 0) is 0 Å². The average Bonchev–Trinajstić information content (AvgIpc) is 2.93. The Balaban J connectivity index is 1.64. The van der Waals surface area contributed by atoms with E-state index in [9.17, 15) is 0 Å². The molecule has 0 aromatic carbocycles. The van der Waals surface area contributed by atoms with E-state index in [1.807, 2.05) is 0 Å². The van der Waals surface area contributed by atoms with Crippen molar-refractivity contribution in [3.05, 3.63) is 0 Å². The van der Waals surface area contributed by atoms with Crippen molar-refractivity contribution in [1.82, 2.24) is 10.2 Å². The van der Waals surface area contributed by atoms with Crippen LogP contribution in [0.4, 0.5) is 0 Å². The Hall–Kier alpha value is -0.0800. The van der Waals surface area contributed by atoms with Crippen molar-refractivity contribution in [3.8, 4) is 0 Å². The van der Waals surface area contributed by atoms with Gasteiger partial charge in [-0.2, -0.15) is 0 Å². The zero-order chi connectivity index (χ0) is 13.5. The molecule has 3 rings (SSSR count). The molecule has 19 heavy (non-hydrogen) atoms. The van der Waals surface area contributed by atoms with Crippen LogP contribution in [0.2, 0.25) is 0 Å². The number of hydrogen-bond donors (Lipinski definition) is 1. The van der Waals surface area contributed by atoms with Crippen LogP contribution in [-0.4, -0.2) is 36.1 Å². The summed E-state index contributed by atoms with van der Waals surface area (Å²) in [4.78, 5) is 2.73. The van der Waals surface area contributed by atoms with Crippen molar-refractivity contribution in [2.75, 3.05) is 13.1 Å². The fourth-order valence-electron chi connectivity index (χ4n) is 4.92. The smallest absolute Gasteiger partial charge is 0.0250 e. The third-order valence-electron chi connectivity index (χ3n) is 5.91. The highest BCUT2D eigenvalue weighted by atomic mass is 15.2. The molecule has 1 N–H and O–H groups in total. The minimum atomic E-state index is 0.464. The Morgan fingerprint density at radius 2 is 1.63 bits per heavy atom. The van der Waals surface area contributed by atoms with Crippen molar-refractivity contribution in [2.45, 2.75) is 83.8 Å². The molecule has 2 aliphatic heterocycles. The summed E-state index contributed by atoms with van der Waals surface area (Å²) in [7, 11) is 0. The molecule has 1 saturated carbocycles. The van der Waals surface area contributed by atoms with Crippen LogP contribution < -0.4 is 5.32 Å². The van der Waals surface area contributed by atoms with Gasteiger partial charge in [-0.05, 0) is 50.0 Å². The van der Waals surface area contributed by atoms with Crippen LogP contribution in [0, 0.1) is 11.3 Å². The zero-order valence-electron chi connectivity index (χ0n) is 13.1. The van der Waals surface area contributed by atoms with E-state index < -0.39 is 0 Å². The standard InChI is InChI=1S/C17H32N2/c1-17(2,3)13-7-4-5-8-14(13)18-15-10-12-19-11-6-9-16(15)19/h13-16,18H,4-12H2,1-3H3. The number of hydrogen-bond acceptors (Lipinski definition) is 2. The summed E-state index contributed by atoms with van der Waals surface area (Å²) in [6.45, 7) is 10.0. The summed E-state index contributed by atoms with van der Waals surface area (Å²) in [5, 5.41) is 4.10. The van der Waals surface area contributed by atoms with Gasteiger partial charge in [0.1, 0.15) is 0 Å². The van der Waals surface area contributed by atoms with Crippen molar-refractivity contribution >= 4 is 0 Å². The lowest BCUT2D eigenvalue weighted by atomic mass is 9.69. The molecule has 2 heteroatoms. The summed E-state index contributed by atoms with van der Waals surface area (Å²) >= 11 is 0. The van der Waals surface area contributed by atoms with Crippen molar-refractivity contribution in [1.29, 1.82) is 0 Å². The highest BCUT2D eigenvalue weighted by Gasteiger charge is 2.41. The predicted molar refractivity (Wildman–Crippen MR) is 81.3 cm³/mol.